The van der Waals surface area contributed by atoms with Gasteiger partial charge in [-0.3, -0.25) is 4.79 Å². The number of hydrogen-bond donors (Lipinski definition) is 1. The van der Waals surface area contributed by atoms with Gasteiger partial charge < -0.3 is 12.5 Å². The fraction of sp³-hybridized carbons (Fsp3) is 0.389. The van der Waals surface area contributed by atoms with E-state index < -0.39 is 0 Å². The molecule has 0 spiro atoms. The first-order valence-corrected chi connectivity index (χ1v) is 7.45. The van der Waals surface area contributed by atoms with Crippen molar-refractivity contribution in [3.05, 3.63) is 53.3 Å². The van der Waals surface area contributed by atoms with Gasteiger partial charge in [0.2, 0.25) is 0 Å². The molecule has 1 heterocycles. The van der Waals surface area contributed by atoms with Crippen LogP contribution in [0.1, 0.15) is 43.9 Å². The van der Waals surface area contributed by atoms with Crippen molar-refractivity contribution in [2.24, 2.45) is 7.05 Å². The molecule has 1 N–H and O–H groups in total. The molecule has 0 amide bonds. The zero-order valence-corrected chi connectivity index (χ0v) is 17.5. The van der Waals surface area contributed by atoms with Gasteiger partial charge in [0, 0.05) is 45.7 Å². The zero-order valence-electron chi connectivity index (χ0n) is 14.6. The quantitative estimate of drug-likeness (QED) is 0.794. The first kappa shape index (κ1) is 22.0. The Labute approximate surface area is 163 Å². The van der Waals surface area contributed by atoms with Crippen molar-refractivity contribution < 1.29 is 37.8 Å². The Bertz CT molecular complexity index is 707. The number of aryl methyl sites for hydroxylation is 2. The summed E-state index contributed by atoms with van der Waals surface area (Å²) < 4.78 is 1.33. The van der Waals surface area contributed by atoms with E-state index in [0.29, 0.717) is 17.2 Å². The third-order valence-corrected chi connectivity index (χ3v) is 3.62. The van der Waals surface area contributed by atoms with E-state index in [2.05, 4.69) is 5.10 Å². The van der Waals surface area contributed by atoms with E-state index in [4.69, 9.17) is 0 Å². The molecule has 1 aliphatic rings. The van der Waals surface area contributed by atoms with Crippen LogP contribution in [-0.2, 0) is 39.8 Å². The maximum atomic E-state index is 12.3. The first-order chi connectivity index (χ1) is 10.1. The standard InChI is InChI=1S/C15H16N2O2.C2H6.CH3.Y/c1-9-5-3-4-6-11(9)12-14(18)13(10-7-8-10)16-17(2)15(12)19;1-2;;/h3-6,10,18H,7-8H2,1-2H3;1-2H3;1H3;/q;;-1;. The fourth-order valence-electron chi connectivity index (χ4n) is 2.37. The first-order valence-electron chi connectivity index (χ1n) is 7.45. The van der Waals surface area contributed by atoms with Gasteiger partial charge in [0.25, 0.3) is 5.56 Å². The van der Waals surface area contributed by atoms with Crippen LogP contribution in [0.4, 0.5) is 0 Å². The second-order valence-corrected chi connectivity index (χ2v) is 5.13. The minimum Gasteiger partial charge on any atom is -0.505 e. The van der Waals surface area contributed by atoms with Crippen molar-refractivity contribution in [2.75, 3.05) is 0 Å². The Kier molecular flexibility index (Phi) is 8.93. The maximum Gasteiger partial charge on any atom is 0.278 e. The Morgan fingerprint density at radius 2 is 1.78 bits per heavy atom. The summed E-state index contributed by atoms with van der Waals surface area (Å²) in [4.78, 5) is 12.3. The van der Waals surface area contributed by atoms with Crippen LogP contribution >= 0.6 is 0 Å². The molecule has 1 fully saturated rings. The molecule has 1 aromatic heterocycles. The smallest absolute Gasteiger partial charge is 0.278 e. The van der Waals surface area contributed by atoms with Crippen molar-refractivity contribution in [3.63, 3.8) is 0 Å². The summed E-state index contributed by atoms with van der Waals surface area (Å²) in [6.07, 6.45) is 2.07. The Morgan fingerprint density at radius 3 is 2.30 bits per heavy atom. The van der Waals surface area contributed by atoms with Gasteiger partial charge in [-0.25, -0.2) is 4.68 Å². The van der Waals surface area contributed by atoms with Crippen LogP contribution in [0.2, 0.25) is 0 Å². The molecule has 0 unspecified atom stereocenters. The number of benzene rings is 1. The van der Waals surface area contributed by atoms with Gasteiger partial charge in [0.1, 0.15) is 5.69 Å². The third-order valence-electron chi connectivity index (χ3n) is 3.62. The van der Waals surface area contributed by atoms with Crippen LogP contribution < -0.4 is 5.56 Å². The number of rotatable bonds is 2. The molecule has 0 atom stereocenters. The van der Waals surface area contributed by atoms with Gasteiger partial charge in [-0.2, -0.15) is 5.10 Å². The molecule has 1 aliphatic carbocycles. The Morgan fingerprint density at radius 1 is 1.22 bits per heavy atom. The van der Waals surface area contributed by atoms with Crippen LogP contribution in [0.3, 0.4) is 0 Å². The van der Waals surface area contributed by atoms with Crippen molar-refractivity contribution in [3.8, 4) is 16.9 Å². The monoisotopic (exact) mass is 390 g/mol. The average molecular weight is 390 g/mol. The minimum absolute atomic E-state index is 0. The summed E-state index contributed by atoms with van der Waals surface area (Å²) in [5, 5.41) is 14.6. The normalized spacial score (nSPS) is 12.3. The molecule has 123 valence electrons. The second kappa shape index (κ2) is 9.34. The SMILES string of the molecule is CC.Cc1ccccc1-c1c(O)c(C2CC2)nn(C)c1=O.[CH3-].[Y]. The van der Waals surface area contributed by atoms with Crippen molar-refractivity contribution in [1.82, 2.24) is 9.78 Å². The van der Waals surface area contributed by atoms with Gasteiger partial charge in [-0.1, -0.05) is 38.1 Å². The molecular formula is C18H25N2O2Y-. The number of aromatic hydroxyl groups is 1. The van der Waals surface area contributed by atoms with E-state index in [9.17, 15) is 9.90 Å². The van der Waals surface area contributed by atoms with Crippen molar-refractivity contribution >= 4 is 0 Å². The van der Waals surface area contributed by atoms with Gasteiger partial charge in [0.15, 0.2) is 5.75 Å². The summed E-state index contributed by atoms with van der Waals surface area (Å²) in [6, 6.07) is 7.59. The summed E-state index contributed by atoms with van der Waals surface area (Å²) >= 11 is 0. The zero-order chi connectivity index (χ0) is 15.6. The van der Waals surface area contributed by atoms with Gasteiger partial charge in [-0.15, -0.1) is 0 Å². The predicted octanol–water partition coefficient (Wildman–Crippen LogP) is 3.81. The molecule has 23 heavy (non-hydrogen) atoms. The van der Waals surface area contributed by atoms with E-state index in [0.717, 1.165) is 24.0 Å². The summed E-state index contributed by atoms with van der Waals surface area (Å²) in [5.74, 6) is 0.356. The molecule has 0 saturated heterocycles. The largest absolute Gasteiger partial charge is 0.505 e. The number of hydrogen-bond acceptors (Lipinski definition) is 3. The summed E-state index contributed by atoms with van der Waals surface area (Å²) in [5.41, 5.74) is 2.53. The average Bonchev–Trinajstić information content (AvgIpc) is 3.32. The fourth-order valence-corrected chi connectivity index (χ4v) is 2.37. The molecular weight excluding hydrogens is 365 g/mol. The minimum atomic E-state index is -0.254. The molecule has 2 aromatic rings. The van der Waals surface area contributed by atoms with E-state index in [-0.39, 0.29) is 51.4 Å². The molecule has 1 radical (unpaired) electrons. The van der Waals surface area contributed by atoms with E-state index >= 15 is 0 Å². The van der Waals surface area contributed by atoms with Crippen LogP contribution in [0.15, 0.2) is 29.1 Å². The van der Waals surface area contributed by atoms with Gasteiger partial charge in [-0.05, 0) is 30.9 Å². The Hall–Kier alpha value is -0.996. The van der Waals surface area contributed by atoms with Gasteiger partial charge in [0.05, 0.1) is 5.56 Å². The predicted molar refractivity (Wildman–Crippen MR) is 91.1 cm³/mol. The Balaban J connectivity index is 0.00000117. The van der Waals surface area contributed by atoms with Crippen LogP contribution in [-0.4, -0.2) is 14.9 Å². The summed E-state index contributed by atoms with van der Waals surface area (Å²) in [6.45, 7) is 5.94. The molecule has 1 saturated carbocycles. The van der Waals surface area contributed by atoms with Crippen molar-refractivity contribution in [2.45, 2.75) is 39.5 Å². The number of aromatic nitrogens is 2. The van der Waals surface area contributed by atoms with E-state index in [1.54, 1.807) is 7.05 Å². The molecule has 1 aromatic carbocycles. The molecule has 5 heteroatoms. The van der Waals surface area contributed by atoms with E-state index in [1.807, 2.05) is 45.0 Å². The van der Waals surface area contributed by atoms with Crippen LogP contribution in [0.25, 0.3) is 11.1 Å². The van der Waals surface area contributed by atoms with Crippen LogP contribution in [0.5, 0.6) is 5.75 Å². The number of nitrogens with zero attached hydrogens (tertiary/aromatic N) is 2. The molecule has 0 bridgehead atoms. The van der Waals surface area contributed by atoms with Crippen molar-refractivity contribution in [1.29, 1.82) is 0 Å². The third kappa shape index (κ3) is 4.51. The van der Waals surface area contributed by atoms with Gasteiger partial charge >= 0.3 is 0 Å². The van der Waals surface area contributed by atoms with E-state index in [1.165, 1.54) is 4.68 Å². The molecule has 4 nitrogen and oxygen atoms in total. The second-order valence-electron chi connectivity index (χ2n) is 5.13. The molecule has 0 aliphatic heterocycles. The molecule has 3 rings (SSSR count). The van der Waals surface area contributed by atoms with Crippen LogP contribution in [0, 0.1) is 14.4 Å². The maximum absolute atomic E-state index is 12.3. The summed E-state index contributed by atoms with van der Waals surface area (Å²) in [7, 11) is 1.63. The topological polar surface area (TPSA) is 55.1 Å².